The number of carbonyl (C=O) groups is 1. The van der Waals surface area contributed by atoms with Crippen molar-refractivity contribution in [2.45, 2.75) is 49.7 Å². The molecule has 2 bridgehead atoms. The first-order valence-corrected chi connectivity index (χ1v) is 11.4. The van der Waals surface area contributed by atoms with Crippen LogP contribution in [-0.2, 0) is 10.3 Å². The molecule has 2 aromatic rings. The zero-order valence-corrected chi connectivity index (χ0v) is 18.5. The van der Waals surface area contributed by atoms with Gasteiger partial charge in [-0.15, -0.1) is 0 Å². The lowest BCUT2D eigenvalue weighted by Crippen LogP contribution is -2.56. The van der Waals surface area contributed by atoms with Crippen LogP contribution in [0.1, 0.15) is 43.2 Å². The second-order valence-electron chi connectivity index (χ2n) is 9.07. The Morgan fingerprint density at radius 2 is 1.97 bits per heavy atom. The first kappa shape index (κ1) is 20.8. The summed E-state index contributed by atoms with van der Waals surface area (Å²) >= 11 is 0. The molecule has 2 saturated heterocycles. The van der Waals surface area contributed by atoms with Gasteiger partial charge in [0.25, 0.3) is 0 Å². The van der Waals surface area contributed by atoms with Crippen molar-refractivity contribution in [1.29, 1.82) is 5.26 Å². The standard InChI is InChI=1S/C25H29N5O2/c1-32-22-5-3-2-4-21(22)25(11-12-25)28-13-10-24(31)29-16-19-7-8-20(17-29)30(19)23-9-6-18(14-26)15-27-23/h2-6,9,15,19-20,28H,7-8,10-13,16-17H2,1H3. The second-order valence-corrected chi connectivity index (χ2v) is 9.07. The largest absolute Gasteiger partial charge is 0.496 e. The van der Waals surface area contributed by atoms with Gasteiger partial charge in [0.2, 0.25) is 5.91 Å². The molecule has 0 spiro atoms. The van der Waals surface area contributed by atoms with E-state index in [0.29, 0.717) is 30.6 Å². The van der Waals surface area contributed by atoms with E-state index in [1.165, 1.54) is 5.56 Å². The number of para-hydroxylation sites is 1. The van der Waals surface area contributed by atoms with Crippen molar-refractivity contribution in [3.8, 4) is 11.8 Å². The van der Waals surface area contributed by atoms with E-state index in [1.54, 1.807) is 13.3 Å². The van der Waals surface area contributed by atoms with Crippen molar-refractivity contribution in [2.24, 2.45) is 0 Å². The summed E-state index contributed by atoms with van der Waals surface area (Å²) in [6, 6.07) is 14.6. The van der Waals surface area contributed by atoms with Crippen LogP contribution in [0.25, 0.3) is 0 Å². The van der Waals surface area contributed by atoms with Crippen LogP contribution in [-0.4, -0.2) is 54.6 Å². The molecule has 2 aliphatic heterocycles. The molecular formula is C25H29N5O2. The molecule has 3 fully saturated rings. The number of piperazine rings is 1. The molecule has 3 aliphatic rings. The van der Waals surface area contributed by atoms with Crippen LogP contribution in [0, 0.1) is 11.3 Å². The summed E-state index contributed by atoms with van der Waals surface area (Å²) < 4.78 is 5.54. The topological polar surface area (TPSA) is 81.5 Å². The highest BCUT2D eigenvalue weighted by Crippen LogP contribution is 2.48. The number of likely N-dealkylation sites (tertiary alicyclic amines) is 1. The van der Waals surface area contributed by atoms with Gasteiger partial charge >= 0.3 is 0 Å². The molecule has 1 amide bonds. The fraction of sp³-hybridized carbons (Fsp3) is 0.480. The number of ether oxygens (including phenoxy) is 1. The van der Waals surface area contributed by atoms with Crippen molar-refractivity contribution in [2.75, 3.05) is 31.6 Å². The van der Waals surface area contributed by atoms with Gasteiger partial charge in [-0.25, -0.2) is 4.98 Å². The Labute approximate surface area is 189 Å². The van der Waals surface area contributed by atoms with E-state index in [4.69, 9.17) is 10.00 Å². The Morgan fingerprint density at radius 3 is 2.59 bits per heavy atom. The first-order valence-electron chi connectivity index (χ1n) is 11.4. The maximum absolute atomic E-state index is 13.0. The van der Waals surface area contributed by atoms with Crippen molar-refractivity contribution in [3.63, 3.8) is 0 Å². The molecule has 7 nitrogen and oxygen atoms in total. The molecule has 2 atom stereocenters. The van der Waals surface area contributed by atoms with E-state index in [2.05, 4.69) is 27.3 Å². The molecule has 1 aromatic carbocycles. The SMILES string of the molecule is COc1ccccc1C1(NCCC(=O)N2CC3CCC(C2)N3c2ccc(C#N)cn2)CC1. The summed E-state index contributed by atoms with van der Waals surface area (Å²) in [6.07, 6.45) is 6.43. The lowest BCUT2D eigenvalue weighted by Gasteiger charge is -2.42. The van der Waals surface area contributed by atoms with Gasteiger partial charge in [0.15, 0.2) is 0 Å². The Kier molecular flexibility index (Phi) is 5.48. The highest BCUT2D eigenvalue weighted by molar-refractivity contribution is 5.77. The summed E-state index contributed by atoms with van der Waals surface area (Å²) in [5.74, 6) is 2.04. The molecule has 7 heteroatoms. The highest BCUT2D eigenvalue weighted by Gasteiger charge is 2.46. The van der Waals surface area contributed by atoms with Crippen LogP contribution in [0.15, 0.2) is 42.6 Å². The molecule has 1 N–H and O–H groups in total. The summed E-state index contributed by atoms with van der Waals surface area (Å²) in [5, 5.41) is 12.6. The van der Waals surface area contributed by atoms with Crippen LogP contribution in [0.5, 0.6) is 5.75 Å². The number of hydrogen-bond donors (Lipinski definition) is 1. The Bertz CT molecular complexity index is 1010. The van der Waals surface area contributed by atoms with E-state index in [-0.39, 0.29) is 11.4 Å². The molecule has 1 aromatic heterocycles. The Morgan fingerprint density at radius 1 is 1.22 bits per heavy atom. The Hall–Kier alpha value is -3.11. The molecule has 1 saturated carbocycles. The molecule has 0 radical (unpaired) electrons. The van der Waals surface area contributed by atoms with Crippen molar-refractivity contribution in [1.82, 2.24) is 15.2 Å². The lowest BCUT2D eigenvalue weighted by molar-refractivity contribution is -0.132. The third kappa shape index (κ3) is 3.80. The van der Waals surface area contributed by atoms with E-state index >= 15 is 0 Å². The molecule has 2 unspecified atom stereocenters. The fourth-order valence-corrected chi connectivity index (χ4v) is 5.36. The molecule has 166 valence electrons. The van der Waals surface area contributed by atoms with Crippen molar-refractivity contribution >= 4 is 11.7 Å². The number of rotatable bonds is 7. The number of fused-ring (bicyclic) bond motifs is 2. The van der Waals surface area contributed by atoms with E-state index in [1.807, 2.05) is 35.2 Å². The van der Waals surface area contributed by atoms with Gasteiger partial charge in [-0.1, -0.05) is 18.2 Å². The number of hydrogen-bond acceptors (Lipinski definition) is 6. The maximum atomic E-state index is 13.0. The molecule has 32 heavy (non-hydrogen) atoms. The molecule has 3 heterocycles. The number of anilines is 1. The van der Waals surface area contributed by atoms with Gasteiger partial charge in [-0.2, -0.15) is 5.26 Å². The number of methoxy groups -OCH3 is 1. The van der Waals surface area contributed by atoms with Crippen molar-refractivity contribution in [3.05, 3.63) is 53.7 Å². The summed E-state index contributed by atoms with van der Waals surface area (Å²) in [6.45, 7) is 2.16. The van der Waals surface area contributed by atoms with E-state index in [9.17, 15) is 4.79 Å². The molecule has 5 rings (SSSR count). The predicted molar refractivity (Wildman–Crippen MR) is 121 cm³/mol. The van der Waals surface area contributed by atoms with Crippen LogP contribution in [0.3, 0.4) is 0 Å². The summed E-state index contributed by atoms with van der Waals surface area (Å²) in [7, 11) is 1.71. The number of nitriles is 1. The lowest BCUT2D eigenvalue weighted by atomic mass is 10.0. The number of aromatic nitrogens is 1. The number of nitrogens with zero attached hydrogens (tertiary/aromatic N) is 4. The number of carbonyl (C=O) groups excluding carboxylic acids is 1. The predicted octanol–water partition coefficient (Wildman–Crippen LogP) is 2.81. The van der Waals surface area contributed by atoms with Gasteiger partial charge in [0, 0.05) is 55.4 Å². The van der Waals surface area contributed by atoms with Gasteiger partial charge in [0.05, 0.1) is 12.7 Å². The number of benzene rings is 1. The first-order chi connectivity index (χ1) is 15.6. The summed E-state index contributed by atoms with van der Waals surface area (Å²) in [5.41, 5.74) is 1.71. The number of nitrogens with one attached hydrogen (secondary N) is 1. The monoisotopic (exact) mass is 431 g/mol. The number of pyridine rings is 1. The third-order valence-corrected chi connectivity index (χ3v) is 7.15. The second kappa shape index (κ2) is 8.44. The smallest absolute Gasteiger partial charge is 0.223 e. The van der Waals surface area contributed by atoms with E-state index in [0.717, 1.165) is 50.3 Å². The average Bonchev–Trinajstić information content (AvgIpc) is 3.58. The number of amides is 1. The molecule has 1 aliphatic carbocycles. The van der Waals surface area contributed by atoms with Crippen LogP contribution >= 0.6 is 0 Å². The van der Waals surface area contributed by atoms with Crippen LogP contribution in [0.2, 0.25) is 0 Å². The van der Waals surface area contributed by atoms with Crippen LogP contribution in [0.4, 0.5) is 5.82 Å². The minimum absolute atomic E-state index is 0.0497. The van der Waals surface area contributed by atoms with E-state index < -0.39 is 0 Å². The average molecular weight is 432 g/mol. The molecular weight excluding hydrogens is 402 g/mol. The Balaban J connectivity index is 1.17. The van der Waals surface area contributed by atoms with Gasteiger partial charge in [-0.05, 0) is 43.9 Å². The fourth-order valence-electron chi connectivity index (χ4n) is 5.36. The minimum atomic E-state index is -0.0497. The quantitative estimate of drug-likeness (QED) is 0.726. The third-order valence-electron chi connectivity index (χ3n) is 7.15. The van der Waals surface area contributed by atoms with Gasteiger partial charge in [0.1, 0.15) is 17.6 Å². The van der Waals surface area contributed by atoms with Crippen LogP contribution < -0.4 is 15.0 Å². The summed E-state index contributed by atoms with van der Waals surface area (Å²) in [4.78, 5) is 21.9. The zero-order valence-electron chi connectivity index (χ0n) is 18.5. The van der Waals surface area contributed by atoms with Gasteiger partial charge in [-0.3, -0.25) is 4.79 Å². The maximum Gasteiger partial charge on any atom is 0.223 e. The highest BCUT2D eigenvalue weighted by atomic mass is 16.5. The normalized spacial score (nSPS) is 23.0. The van der Waals surface area contributed by atoms with Gasteiger partial charge < -0.3 is 19.9 Å². The van der Waals surface area contributed by atoms with Crippen molar-refractivity contribution < 1.29 is 9.53 Å². The zero-order chi connectivity index (χ0) is 22.1. The minimum Gasteiger partial charge on any atom is -0.496 e.